The molecule has 3 N–H and O–H groups in total. The van der Waals surface area contributed by atoms with Gasteiger partial charge in [0.15, 0.2) is 0 Å². The molecule has 0 radical (unpaired) electrons. The van der Waals surface area contributed by atoms with Crippen molar-refractivity contribution in [1.82, 2.24) is 5.32 Å². The van der Waals surface area contributed by atoms with E-state index in [0.29, 0.717) is 12.0 Å². The van der Waals surface area contributed by atoms with Gasteiger partial charge in [0.1, 0.15) is 0 Å². The molecular formula is C11H22N2O. The van der Waals surface area contributed by atoms with E-state index in [-0.39, 0.29) is 17.9 Å². The van der Waals surface area contributed by atoms with Gasteiger partial charge in [-0.2, -0.15) is 0 Å². The molecular weight excluding hydrogens is 176 g/mol. The molecule has 0 saturated heterocycles. The summed E-state index contributed by atoms with van der Waals surface area (Å²) in [5.41, 5.74) is 5.83. The molecule has 0 heterocycles. The number of hydrogen-bond acceptors (Lipinski definition) is 2. The summed E-state index contributed by atoms with van der Waals surface area (Å²) >= 11 is 0. The molecule has 0 bridgehead atoms. The Bertz CT molecular complexity index is 201. The van der Waals surface area contributed by atoms with Crippen LogP contribution in [-0.4, -0.2) is 18.0 Å². The highest BCUT2D eigenvalue weighted by molar-refractivity contribution is 5.82. The summed E-state index contributed by atoms with van der Waals surface area (Å²) in [6, 6.07) is -0.0428. The lowest BCUT2D eigenvalue weighted by Crippen LogP contribution is -2.48. The molecule has 1 saturated carbocycles. The van der Waals surface area contributed by atoms with Crippen LogP contribution in [0, 0.1) is 11.8 Å². The highest BCUT2D eigenvalue weighted by Gasteiger charge is 2.30. The molecule has 14 heavy (non-hydrogen) atoms. The molecule has 1 fully saturated rings. The minimum Gasteiger partial charge on any atom is -0.352 e. The van der Waals surface area contributed by atoms with Gasteiger partial charge in [-0.05, 0) is 31.6 Å². The van der Waals surface area contributed by atoms with Gasteiger partial charge in [-0.1, -0.05) is 20.3 Å². The summed E-state index contributed by atoms with van der Waals surface area (Å²) < 4.78 is 0. The van der Waals surface area contributed by atoms with Crippen molar-refractivity contribution >= 4 is 5.91 Å². The van der Waals surface area contributed by atoms with Gasteiger partial charge in [0.2, 0.25) is 5.91 Å². The molecule has 3 nitrogen and oxygen atoms in total. The summed E-state index contributed by atoms with van der Waals surface area (Å²) in [5.74, 6) is 0.975. The third kappa shape index (κ3) is 2.98. The van der Waals surface area contributed by atoms with Crippen LogP contribution in [0.2, 0.25) is 0 Å². The van der Waals surface area contributed by atoms with Crippen LogP contribution in [-0.2, 0) is 4.79 Å². The van der Waals surface area contributed by atoms with Crippen LogP contribution in [0.4, 0.5) is 0 Å². The second-order valence-electron chi connectivity index (χ2n) is 4.55. The van der Waals surface area contributed by atoms with Gasteiger partial charge in [0.05, 0.1) is 6.04 Å². The molecule has 1 aliphatic rings. The smallest absolute Gasteiger partial charge is 0.237 e. The number of rotatable bonds is 5. The average Bonchev–Trinajstić information content (AvgIpc) is 2.98. The molecule has 0 aliphatic heterocycles. The van der Waals surface area contributed by atoms with E-state index < -0.39 is 0 Å². The van der Waals surface area contributed by atoms with Crippen LogP contribution in [0.5, 0.6) is 0 Å². The Morgan fingerprint density at radius 1 is 1.50 bits per heavy atom. The fourth-order valence-corrected chi connectivity index (χ4v) is 1.55. The largest absolute Gasteiger partial charge is 0.352 e. The van der Waals surface area contributed by atoms with Crippen LogP contribution in [0.15, 0.2) is 0 Å². The molecule has 3 atom stereocenters. The van der Waals surface area contributed by atoms with Crippen molar-refractivity contribution in [2.45, 2.75) is 52.1 Å². The van der Waals surface area contributed by atoms with E-state index in [1.807, 2.05) is 6.92 Å². The lowest BCUT2D eigenvalue weighted by Gasteiger charge is -2.20. The molecule has 1 rings (SSSR count). The summed E-state index contributed by atoms with van der Waals surface area (Å²) in [7, 11) is 0. The van der Waals surface area contributed by atoms with Crippen molar-refractivity contribution in [2.24, 2.45) is 17.6 Å². The number of nitrogens with one attached hydrogen (secondary N) is 1. The highest BCUT2D eigenvalue weighted by Crippen LogP contribution is 2.32. The topological polar surface area (TPSA) is 55.1 Å². The Labute approximate surface area is 86.4 Å². The monoisotopic (exact) mass is 198 g/mol. The first-order valence-corrected chi connectivity index (χ1v) is 5.62. The molecule has 82 valence electrons. The quantitative estimate of drug-likeness (QED) is 0.699. The lowest BCUT2D eigenvalue weighted by molar-refractivity contribution is -0.124. The van der Waals surface area contributed by atoms with Gasteiger partial charge in [-0.3, -0.25) is 4.79 Å². The lowest BCUT2D eigenvalue weighted by atomic mass is 9.99. The van der Waals surface area contributed by atoms with E-state index >= 15 is 0 Å². The number of carbonyl (C=O) groups excluding carboxylic acids is 1. The zero-order valence-corrected chi connectivity index (χ0v) is 9.42. The maximum Gasteiger partial charge on any atom is 0.237 e. The second-order valence-corrected chi connectivity index (χ2v) is 4.55. The minimum atomic E-state index is -0.346. The highest BCUT2D eigenvalue weighted by atomic mass is 16.2. The molecule has 0 spiro atoms. The summed E-state index contributed by atoms with van der Waals surface area (Å²) in [5, 5.41) is 2.99. The van der Waals surface area contributed by atoms with Crippen molar-refractivity contribution in [3.05, 3.63) is 0 Å². The van der Waals surface area contributed by atoms with Gasteiger partial charge >= 0.3 is 0 Å². The average molecular weight is 198 g/mol. The standard InChI is InChI=1S/C11H22N2O/c1-4-7(2)10(12)11(14)13-8(3)9-5-6-9/h7-10H,4-6,12H2,1-3H3,(H,13,14)/t7?,8?,10-/m0/s1. The van der Waals surface area contributed by atoms with E-state index in [0.717, 1.165) is 6.42 Å². The first kappa shape index (κ1) is 11.5. The van der Waals surface area contributed by atoms with E-state index in [1.54, 1.807) is 0 Å². The van der Waals surface area contributed by atoms with Gasteiger partial charge in [0.25, 0.3) is 0 Å². The maximum atomic E-state index is 11.6. The normalized spacial score (nSPS) is 22.6. The number of nitrogens with two attached hydrogens (primary N) is 1. The van der Waals surface area contributed by atoms with Gasteiger partial charge in [-0.25, -0.2) is 0 Å². The number of carbonyl (C=O) groups is 1. The predicted molar refractivity (Wildman–Crippen MR) is 57.8 cm³/mol. The van der Waals surface area contributed by atoms with Crippen molar-refractivity contribution in [1.29, 1.82) is 0 Å². The first-order valence-electron chi connectivity index (χ1n) is 5.62. The van der Waals surface area contributed by atoms with E-state index in [9.17, 15) is 4.79 Å². The maximum absolute atomic E-state index is 11.6. The van der Waals surface area contributed by atoms with E-state index in [4.69, 9.17) is 5.73 Å². The van der Waals surface area contributed by atoms with Crippen LogP contribution >= 0.6 is 0 Å². The minimum absolute atomic E-state index is 0.0127. The van der Waals surface area contributed by atoms with Crippen LogP contribution < -0.4 is 11.1 Å². The molecule has 0 aromatic rings. The molecule has 1 amide bonds. The third-order valence-electron chi connectivity index (χ3n) is 3.26. The van der Waals surface area contributed by atoms with Crippen molar-refractivity contribution in [2.75, 3.05) is 0 Å². The fraction of sp³-hybridized carbons (Fsp3) is 0.909. The Morgan fingerprint density at radius 3 is 2.50 bits per heavy atom. The zero-order chi connectivity index (χ0) is 10.7. The Kier molecular flexibility index (Phi) is 3.93. The Balaban J connectivity index is 2.32. The van der Waals surface area contributed by atoms with Crippen LogP contribution in [0.1, 0.15) is 40.0 Å². The molecule has 1 aliphatic carbocycles. The molecule has 2 unspecified atom stereocenters. The summed E-state index contributed by atoms with van der Waals surface area (Å²) in [6.07, 6.45) is 3.45. The van der Waals surface area contributed by atoms with Gasteiger partial charge in [0, 0.05) is 6.04 Å². The zero-order valence-electron chi connectivity index (χ0n) is 9.42. The SMILES string of the molecule is CCC(C)[C@H](N)C(=O)NC(C)C1CC1. The number of amides is 1. The summed E-state index contributed by atoms with van der Waals surface area (Å²) in [4.78, 5) is 11.6. The predicted octanol–water partition coefficient (Wildman–Crippen LogP) is 1.27. The van der Waals surface area contributed by atoms with E-state index in [1.165, 1.54) is 12.8 Å². The Hall–Kier alpha value is -0.570. The molecule has 0 aromatic heterocycles. The molecule has 0 aromatic carbocycles. The molecule has 3 heteroatoms. The summed E-state index contributed by atoms with van der Waals surface area (Å²) in [6.45, 7) is 6.15. The van der Waals surface area contributed by atoms with Gasteiger partial charge < -0.3 is 11.1 Å². The van der Waals surface area contributed by atoms with Crippen molar-refractivity contribution in [3.8, 4) is 0 Å². The van der Waals surface area contributed by atoms with Gasteiger partial charge in [-0.15, -0.1) is 0 Å². The van der Waals surface area contributed by atoms with Crippen molar-refractivity contribution < 1.29 is 4.79 Å². The Morgan fingerprint density at radius 2 is 2.07 bits per heavy atom. The third-order valence-corrected chi connectivity index (χ3v) is 3.26. The van der Waals surface area contributed by atoms with Crippen molar-refractivity contribution in [3.63, 3.8) is 0 Å². The number of hydrogen-bond donors (Lipinski definition) is 2. The van der Waals surface area contributed by atoms with E-state index in [2.05, 4.69) is 19.2 Å². The fourth-order valence-electron chi connectivity index (χ4n) is 1.55. The first-order chi connectivity index (χ1) is 6.56. The van der Waals surface area contributed by atoms with Crippen LogP contribution in [0.3, 0.4) is 0 Å². The van der Waals surface area contributed by atoms with Crippen LogP contribution in [0.25, 0.3) is 0 Å². The second kappa shape index (κ2) is 4.78.